The number of nitriles is 1. The Bertz CT molecular complexity index is 1710. The number of rotatable bonds is 6. The first-order valence-electron chi connectivity index (χ1n) is 11.5. The number of methoxy groups -OCH3 is 1. The summed E-state index contributed by atoms with van der Waals surface area (Å²) in [5.41, 5.74) is 8.54. The first-order valence-corrected chi connectivity index (χ1v) is 11.5. The molecule has 2 aromatic carbocycles. The Hall–Kier alpha value is -5.23. The van der Waals surface area contributed by atoms with Gasteiger partial charge in [-0.25, -0.2) is 4.98 Å². The first-order chi connectivity index (χ1) is 18.0. The molecule has 0 amide bonds. The zero-order valence-corrected chi connectivity index (χ0v) is 20.2. The predicted octanol–water partition coefficient (Wildman–Crippen LogP) is 4.48. The molecule has 3 aromatic heterocycles. The van der Waals surface area contributed by atoms with E-state index in [1.807, 2.05) is 67.6 Å². The summed E-state index contributed by atoms with van der Waals surface area (Å²) >= 11 is 0. The lowest BCUT2D eigenvalue weighted by Crippen LogP contribution is -2.26. The number of ether oxygens (including phenoxy) is 1. The molecule has 0 unspecified atom stereocenters. The van der Waals surface area contributed by atoms with Crippen LogP contribution in [0.1, 0.15) is 24.2 Å². The van der Waals surface area contributed by atoms with Crippen LogP contribution in [0.15, 0.2) is 83.9 Å². The van der Waals surface area contributed by atoms with Crippen molar-refractivity contribution in [1.29, 1.82) is 5.26 Å². The minimum atomic E-state index is -0.419. The van der Waals surface area contributed by atoms with E-state index in [1.54, 1.807) is 23.9 Å². The molecular formula is C28H23N7O2. The first kappa shape index (κ1) is 23.5. The largest absolute Gasteiger partial charge is 0.497 e. The van der Waals surface area contributed by atoms with Crippen molar-refractivity contribution in [3.8, 4) is 28.8 Å². The Morgan fingerprint density at radius 3 is 2.65 bits per heavy atom. The van der Waals surface area contributed by atoms with E-state index in [0.29, 0.717) is 39.6 Å². The zero-order valence-electron chi connectivity index (χ0n) is 20.2. The molecule has 3 heterocycles. The number of aromatic nitrogens is 4. The molecule has 0 aliphatic rings. The van der Waals surface area contributed by atoms with Gasteiger partial charge in [0.2, 0.25) is 5.95 Å². The van der Waals surface area contributed by atoms with Gasteiger partial charge in [-0.3, -0.25) is 14.3 Å². The van der Waals surface area contributed by atoms with Crippen LogP contribution in [0.4, 0.5) is 11.8 Å². The van der Waals surface area contributed by atoms with E-state index in [2.05, 4.69) is 26.3 Å². The number of benzene rings is 2. The Morgan fingerprint density at radius 2 is 1.89 bits per heavy atom. The van der Waals surface area contributed by atoms with Crippen LogP contribution < -0.4 is 21.3 Å². The third-order valence-electron chi connectivity index (χ3n) is 6.06. The lowest BCUT2D eigenvalue weighted by atomic mass is 10.0. The van der Waals surface area contributed by atoms with Gasteiger partial charge in [0.1, 0.15) is 23.2 Å². The molecule has 0 aliphatic carbocycles. The van der Waals surface area contributed by atoms with Crippen molar-refractivity contribution < 1.29 is 4.74 Å². The number of nitrogen functional groups attached to an aromatic ring is 1. The maximum absolute atomic E-state index is 14.2. The van der Waals surface area contributed by atoms with E-state index in [9.17, 15) is 10.1 Å². The maximum atomic E-state index is 14.2. The van der Waals surface area contributed by atoms with E-state index in [4.69, 9.17) is 10.5 Å². The van der Waals surface area contributed by atoms with Crippen molar-refractivity contribution in [2.45, 2.75) is 13.0 Å². The quantitative estimate of drug-likeness (QED) is 0.357. The fourth-order valence-corrected chi connectivity index (χ4v) is 4.31. The van der Waals surface area contributed by atoms with Crippen molar-refractivity contribution in [3.63, 3.8) is 0 Å². The smallest absolute Gasteiger partial charge is 0.263 e. The predicted molar refractivity (Wildman–Crippen MR) is 143 cm³/mol. The van der Waals surface area contributed by atoms with Gasteiger partial charge in [0.15, 0.2) is 0 Å². The number of pyridine rings is 2. The summed E-state index contributed by atoms with van der Waals surface area (Å²) in [4.78, 5) is 26.8. The highest BCUT2D eigenvalue weighted by molar-refractivity contribution is 5.96. The monoisotopic (exact) mass is 489 g/mol. The third-order valence-corrected chi connectivity index (χ3v) is 6.06. The van der Waals surface area contributed by atoms with Gasteiger partial charge in [-0.1, -0.05) is 36.4 Å². The Kier molecular flexibility index (Phi) is 6.22. The molecule has 9 nitrogen and oxygen atoms in total. The number of hydrogen-bond acceptors (Lipinski definition) is 8. The van der Waals surface area contributed by atoms with Gasteiger partial charge in [0.05, 0.1) is 30.4 Å². The summed E-state index contributed by atoms with van der Waals surface area (Å²) in [6.07, 6.45) is 3.03. The van der Waals surface area contributed by atoms with Gasteiger partial charge < -0.3 is 15.8 Å². The molecule has 0 fully saturated rings. The summed E-state index contributed by atoms with van der Waals surface area (Å²) in [7, 11) is 1.59. The number of anilines is 2. The highest BCUT2D eigenvalue weighted by Gasteiger charge is 2.20. The lowest BCUT2D eigenvalue weighted by molar-refractivity contribution is 0.414. The number of hydrogen-bond donors (Lipinski definition) is 2. The average molecular weight is 490 g/mol. The van der Waals surface area contributed by atoms with Crippen LogP contribution in [0.3, 0.4) is 0 Å². The van der Waals surface area contributed by atoms with Gasteiger partial charge in [-0.2, -0.15) is 10.2 Å². The summed E-state index contributed by atoms with van der Waals surface area (Å²) in [6.45, 7) is 1.90. The van der Waals surface area contributed by atoms with Crippen LogP contribution in [0.25, 0.3) is 27.7 Å². The molecule has 1 atom stereocenters. The number of nitrogens with one attached hydrogen (secondary N) is 1. The number of fused-ring (bicyclic) bond motifs is 1. The fraction of sp³-hybridized carbons (Fsp3) is 0.107. The van der Waals surface area contributed by atoms with Crippen LogP contribution in [-0.4, -0.2) is 26.6 Å². The molecular weight excluding hydrogens is 466 g/mol. The van der Waals surface area contributed by atoms with E-state index >= 15 is 0 Å². The second-order valence-corrected chi connectivity index (χ2v) is 8.36. The molecule has 0 bridgehead atoms. The molecule has 37 heavy (non-hydrogen) atoms. The lowest BCUT2D eigenvalue weighted by Gasteiger charge is -2.22. The maximum Gasteiger partial charge on any atom is 0.263 e. The minimum absolute atomic E-state index is 0.0445. The molecule has 5 rings (SSSR count). The summed E-state index contributed by atoms with van der Waals surface area (Å²) < 4.78 is 7.04. The highest BCUT2D eigenvalue weighted by atomic mass is 16.5. The summed E-state index contributed by atoms with van der Waals surface area (Å²) in [5.74, 6) is 0.990. The van der Waals surface area contributed by atoms with E-state index in [0.717, 1.165) is 5.39 Å². The normalized spacial score (nSPS) is 11.6. The Morgan fingerprint density at radius 1 is 1.08 bits per heavy atom. The summed E-state index contributed by atoms with van der Waals surface area (Å²) in [6, 6.07) is 22.3. The molecule has 3 N–H and O–H groups in total. The van der Waals surface area contributed by atoms with Crippen molar-refractivity contribution in [1.82, 2.24) is 19.5 Å². The molecule has 182 valence electrons. The second-order valence-electron chi connectivity index (χ2n) is 8.36. The zero-order chi connectivity index (χ0) is 25.9. The Balaban J connectivity index is 1.74. The molecule has 0 saturated carbocycles. The van der Waals surface area contributed by atoms with E-state index in [-0.39, 0.29) is 17.1 Å². The number of nitrogens with zero attached hydrogens (tertiary/aromatic N) is 5. The minimum Gasteiger partial charge on any atom is -0.497 e. The highest BCUT2D eigenvalue weighted by Crippen LogP contribution is 2.30. The van der Waals surface area contributed by atoms with E-state index in [1.165, 1.54) is 6.20 Å². The topological polar surface area (TPSA) is 132 Å². The standard InChI is InChI=1S/C28H23N7O2/c1-17(33-26-19(15-29)16-32-28(30)34-26)24-13-18-7-6-10-22(23-14-21(37-2)11-12-31-23)25(18)27(36)35(24)20-8-4-3-5-9-20/h3-14,16-17H,1-2H3,(H3,30,32,33,34)/t17-/m1/s1. The van der Waals surface area contributed by atoms with E-state index < -0.39 is 6.04 Å². The molecule has 9 heteroatoms. The molecule has 5 aromatic rings. The van der Waals surface area contributed by atoms with Crippen molar-refractivity contribution in [3.05, 3.63) is 101 Å². The van der Waals surface area contributed by atoms with Crippen molar-refractivity contribution in [2.75, 3.05) is 18.2 Å². The van der Waals surface area contributed by atoms with Crippen LogP contribution in [0, 0.1) is 11.3 Å². The van der Waals surface area contributed by atoms with Crippen LogP contribution in [0.5, 0.6) is 5.75 Å². The van der Waals surface area contributed by atoms with Gasteiger partial charge in [-0.15, -0.1) is 0 Å². The second kappa shape index (κ2) is 9.79. The molecule has 0 saturated heterocycles. The molecule has 0 spiro atoms. The van der Waals surface area contributed by atoms with Crippen LogP contribution in [0.2, 0.25) is 0 Å². The number of para-hydroxylation sites is 1. The van der Waals surface area contributed by atoms with Gasteiger partial charge in [0, 0.05) is 29.2 Å². The summed E-state index contributed by atoms with van der Waals surface area (Å²) in [5, 5.41) is 14.0. The van der Waals surface area contributed by atoms with Crippen LogP contribution >= 0.6 is 0 Å². The van der Waals surface area contributed by atoms with Crippen molar-refractivity contribution >= 4 is 22.5 Å². The molecule has 0 aliphatic heterocycles. The van der Waals surface area contributed by atoms with Gasteiger partial charge >= 0.3 is 0 Å². The Labute approximate surface area is 212 Å². The third kappa shape index (κ3) is 4.44. The van der Waals surface area contributed by atoms with Gasteiger partial charge in [-0.05, 0) is 36.6 Å². The molecule has 0 radical (unpaired) electrons. The fourth-order valence-electron chi connectivity index (χ4n) is 4.31. The van der Waals surface area contributed by atoms with Crippen molar-refractivity contribution in [2.24, 2.45) is 0 Å². The average Bonchev–Trinajstić information content (AvgIpc) is 2.93. The van der Waals surface area contributed by atoms with Gasteiger partial charge in [0.25, 0.3) is 5.56 Å². The number of nitrogens with two attached hydrogens (primary N) is 1. The van der Waals surface area contributed by atoms with Crippen LogP contribution in [-0.2, 0) is 0 Å². The SMILES string of the molecule is COc1ccnc(-c2cccc3cc([C@@H](C)Nc4nc(N)ncc4C#N)n(-c4ccccc4)c(=O)c23)c1.